The van der Waals surface area contributed by atoms with E-state index in [0.717, 1.165) is 12.0 Å². The number of nitrogens with one attached hydrogen (secondary N) is 1. The fraction of sp³-hybridized carbons (Fsp3) is 0.208. The minimum Gasteiger partial charge on any atom is -0.354 e. The van der Waals surface area contributed by atoms with Gasteiger partial charge in [-0.05, 0) is 41.8 Å². The number of pyridine rings is 1. The largest absolute Gasteiger partial charge is 0.354 e. The predicted octanol–water partition coefficient (Wildman–Crippen LogP) is 3.29. The van der Waals surface area contributed by atoms with Gasteiger partial charge in [-0.3, -0.25) is 14.3 Å². The quantitative estimate of drug-likeness (QED) is 0.520. The maximum atomic E-state index is 12.7. The third-order valence-electron chi connectivity index (χ3n) is 5.30. The van der Waals surface area contributed by atoms with Crippen LogP contribution in [0.15, 0.2) is 71.8 Å². The zero-order valence-electron chi connectivity index (χ0n) is 17.2. The number of nitrogens with zero attached hydrogens (tertiary/aromatic N) is 3. The van der Waals surface area contributed by atoms with Crippen LogP contribution in [0, 0.1) is 6.92 Å². The van der Waals surface area contributed by atoms with Crippen LogP contribution < -0.4 is 16.6 Å². The second kappa shape index (κ2) is 8.47. The first-order chi connectivity index (χ1) is 14.5. The van der Waals surface area contributed by atoms with E-state index in [1.807, 2.05) is 24.3 Å². The van der Waals surface area contributed by atoms with E-state index < -0.39 is 0 Å². The summed E-state index contributed by atoms with van der Waals surface area (Å²) in [4.78, 5) is 21.4. The van der Waals surface area contributed by atoms with Crippen molar-refractivity contribution in [3.8, 4) is 11.3 Å². The lowest BCUT2D eigenvalue weighted by atomic mass is 10.0. The van der Waals surface area contributed by atoms with Gasteiger partial charge in [-0.15, -0.1) is 0 Å². The monoisotopic (exact) mass is 399 g/mol. The Balaban J connectivity index is 1.51. The van der Waals surface area contributed by atoms with E-state index in [4.69, 9.17) is 10.7 Å². The molecule has 2 aromatic heterocycles. The van der Waals surface area contributed by atoms with Crippen molar-refractivity contribution in [1.29, 1.82) is 0 Å². The molecule has 4 rings (SSSR count). The lowest BCUT2D eigenvalue weighted by Crippen LogP contribution is -2.34. The van der Waals surface area contributed by atoms with Crippen molar-refractivity contribution in [3.05, 3.63) is 88.5 Å². The van der Waals surface area contributed by atoms with Crippen LogP contribution in [0.2, 0.25) is 0 Å². The maximum Gasteiger partial charge on any atom is 0.258 e. The number of nitrogens with two attached hydrogens (primary N) is 1. The highest BCUT2D eigenvalue weighted by molar-refractivity contribution is 5.83. The molecular formula is C24H25N5O. The van der Waals surface area contributed by atoms with Gasteiger partial charge < -0.3 is 11.1 Å². The Morgan fingerprint density at radius 2 is 1.80 bits per heavy atom. The zero-order valence-corrected chi connectivity index (χ0v) is 17.2. The molecule has 0 bridgehead atoms. The maximum absolute atomic E-state index is 12.7. The Bertz CT molecular complexity index is 1230. The van der Waals surface area contributed by atoms with Crippen molar-refractivity contribution in [2.75, 3.05) is 11.9 Å². The van der Waals surface area contributed by atoms with E-state index >= 15 is 0 Å². The third kappa shape index (κ3) is 4.09. The van der Waals surface area contributed by atoms with Crippen molar-refractivity contribution in [3.63, 3.8) is 0 Å². The molecule has 1 atom stereocenters. The molecule has 0 aliphatic heterocycles. The second-order valence-electron chi connectivity index (χ2n) is 7.54. The fourth-order valence-corrected chi connectivity index (χ4v) is 3.63. The molecule has 0 spiro atoms. The van der Waals surface area contributed by atoms with Crippen LogP contribution in [0.1, 0.15) is 11.1 Å². The second-order valence-corrected chi connectivity index (χ2v) is 7.54. The molecule has 0 saturated carbocycles. The number of anilines is 1. The van der Waals surface area contributed by atoms with Crippen LogP contribution >= 0.6 is 0 Å². The summed E-state index contributed by atoms with van der Waals surface area (Å²) in [5.41, 5.74) is 9.61. The van der Waals surface area contributed by atoms with Gasteiger partial charge in [0.15, 0.2) is 0 Å². The normalized spacial score (nSPS) is 12.1. The first-order valence-electron chi connectivity index (χ1n) is 9.98. The molecule has 0 aliphatic carbocycles. The number of rotatable bonds is 6. The average molecular weight is 399 g/mol. The van der Waals surface area contributed by atoms with Crippen LogP contribution in [0.25, 0.3) is 22.0 Å². The van der Waals surface area contributed by atoms with E-state index in [0.29, 0.717) is 23.8 Å². The Labute approximate surface area is 175 Å². The third-order valence-corrected chi connectivity index (χ3v) is 5.30. The van der Waals surface area contributed by atoms with Gasteiger partial charge in [0.25, 0.3) is 5.56 Å². The van der Waals surface area contributed by atoms with E-state index in [1.165, 1.54) is 20.9 Å². The molecule has 0 fully saturated rings. The summed E-state index contributed by atoms with van der Waals surface area (Å²) in [7, 11) is 1.72. The number of hydrogen-bond acceptors (Lipinski definition) is 5. The highest BCUT2D eigenvalue weighted by Crippen LogP contribution is 2.20. The van der Waals surface area contributed by atoms with Gasteiger partial charge in [0, 0.05) is 43.2 Å². The number of benzene rings is 2. The summed E-state index contributed by atoms with van der Waals surface area (Å²) in [6.45, 7) is 2.30. The van der Waals surface area contributed by atoms with Gasteiger partial charge in [-0.25, -0.2) is 4.98 Å². The molecule has 0 aliphatic rings. The molecule has 6 nitrogen and oxygen atoms in total. The van der Waals surface area contributed by atoms with E-state index in [-0.39, 0.29) is 11.6 Å². The summed E-state index contributed by atoms with van der Waals surface area (Å²) in [5, 5.41) is 5.69. The molecule has 0 radical (unpaired) electrons. The van der Waals surface area contributed by atoms with Crippen molar-refractivity contribution >= 4 is 16.7 Å². The van der Waals surface area contributed by atoms with E-state index in [2.05, 4.69) is 40.6 Å². The van der Waals surface area contributed by atoms with Crippen molar-refractivity contribution in [2.45, 2.75) is 19.4 Å². The molecule has 0 unspecified atom stereocenters. The van der Waals surface area contributed by atoms with Gasteiger partial charge in [-0.2, -0.15) is 0 Å². The molecule has 6 heteroatoms. The van der Waals surface area contributed by atoms with Gasteiger partial charge in [-0.1, -0.05) is 42.5 Å². The Morgan fingerprint density at radius 3 is 2.57 bits per heavy atom. The smallest absolute Gasteiger partial charge is 0.258 e. The highest BCUT2D eigenvalue weighted by atomic mass is 16.1. The van der Waals surface area contributed by atoms with Crippen LogP contribution in [0.4, 0.5) is 5.95 Å². The number of hydrogen-bond donors (Lipinski definition) is 2. The fourth-order valence-electron chi connectivity index (χ4n) is 3.63. The minimum atomic E-state index is -0.117. The summed E-state index contributed by atoms with van der Waals surface area (Å²) >= 11 is 0. The zero-order chi connectivity index (χ0) is 21.1. The summed E-state index contributed by atoms with van der Waals surface area (Å²) in [6, 6.07) is 18.3. The average Bonchev–Trinajstić information content (AvgIpc) is 2.77. The van der Waals surface area contributed by atoms with Gasteiger partial charge in [0.1, 0.15) is 0 Å². The van der Waals surface area contributed by atoms with Crippen LogP contribution in [0.5, 0.6) is 0 Å². The summed E-state index contributed by atoms with van der Waals surface area (Å²) < 4.78 is 1.53. The molecule has 152 valence electrons. The number of aromatic nitrogens is 3. The Kier molecular flexibility index (Phi) is 5.59. The van der Waals surface area contributed by atoms with Crippen molar-refractivity contribution < 1.29 is 0 Å². The van der Waals surface area contributed by atoms with Gasteiger partial charge in [0.2, 0.25) is 5.95 Å². The van der Waals surface area contributed by atoms with Gasteiger partial charge >= 0.3 is 0 Å². The lowest BCUT2D eigenvalue weighted by Gasteiger charge is -2.17. The minimum absolute atomic E-state index is 0.0811. The SMILES string of the molecule is Cc1c(-c2ccncc2)nc(NC[C@@H](N)Cc2ccc3ccccc3c2)n(C)c1=O. The highest BCUT2D eigenvalue weighted by Gasteiger charge is 2.14. The summed E-state index contributed by atoms with van der Waals surface area (Å²) in [5.74, 6) is 0.506. The topological polar surface area (TPSA) is 85.8 Å². The van der Waals surface area contributed by atoms with Crippen molar-refractivity contribution in [2.24, 2.45) is 12.8 Å². The molecule has 2 heterocycles. The van der Waals surface area contributed by atoms with Gasteiger partial charge in [0.05, 0.1) is 5.69 Å². The standard InChI is InChI=1S/C24H25N5O/c1-16-22(19-9-11-26-12-10-19)28-24(29(2)23(16)30)27-15-21(25)14-17-7-8-18-5-3-4-6-20(18)13-17/h3-13,21H,14-15,25H2,1-2H3,(H,27,28)/t21-/m0/s1. The van der Waals surface area contributed by atoms with Crippen molar-refractivity contribution in [1.82, 2.24) is 14.5 Å². The van der Waals surface area contributed by atoms with E-state index in [1.54, 1.807) is 26.4 Å². The molecule has 30 heavy (non-hydrogen) atoms. The van der Waals surface area contributed by atoms with E-state index in [9.17, 15) is 4.79 Å². The number of fused-ring (bicyclic) bond motifs is 1. The first kappa shape index (κ1) is 19.8. The molecule has 3 N–H and O–H groups in total. The molecule has 2 aromatic carbocycles. The van der Waals surface area contributed by atoms with Crippen LogP contribution in [-0.2, 0) is 13.5 Å². The Morgan fingerprint density at radius 1 is 1.07 bits per heavy atom. The molecule has 0 saturated heterocycles. The summed E-state index contributed by atoms with van der Waals surface area (Å²) in [6.07, 6.45) is 4.12. The van der Waals surface area contributed by atoms with Crippen LogP contribution in [-0.4, -0.2) is 27.1 Å². The Hall–Kier alpha value is -3.51. The lowest BCUT2D eigenvalue weighted by molar-refractivity contribution is 0.687. The predicted molar refractivity (Wildman–Crippen MR) is 122 cm³/mol. The first-order valence-corrected chi connectivity index (χ1v) is 9.98. The molecule has 4 aromatic rings. The molecule has 0 amide bonds. The molecular weight excluding hydrogens is 374 g/mol. The van der Waals surface area contributed by atoms with Crippen LogP contribution in [0.3, 0.4) is 0 Å².